The van der Waals surface area contributed by atoms with Crippen molar-refractivity contribution in [2.45, 2.75) is 38.8 Å². The van der Waals surface area contributed by atoms with E-state index in [4.69, 9.17) is 11.6 Å². The minimum atomic E-state index is -0.743. The third-order valence-electron chi connectivity index (χ3n) is 3.92. The Morgan fingerprint density at radius 1 is 1.52 bits per heavy atom. The van der Waals surface area contributed by atoms with E-state index in [1.807, 2.05) is 13.8 Å². The minimum absolute atomic E-state index is 0.00655. The summed E-state index contributed by atoms with van der Waals surface area (Å²) in [5.41, 5.74) is 0.413. The molecular weight excluding hydrogens is 323 g/mol. The molecule has 1 heterocycles. The zero-order valence-corrected chi connectivity index (χ0v) is 13.8. The molecule has 1 fully saturated rings. The maximum Gasteiger partial charge on any atom is 0.249 e. The molecule has 2 amide bonds. The van der Waals surface area contributed by atoms with Crippen LogP contribution in [0.25, 0.3) is 0 Å². The van der Waals surface area contributed by atoms with Crippen molar-refractivity contribution in [3.8, 4) is 0 Å². The van der Waals surface area contributed by atoms with E-state index in [0.29, 0.717) is 18.7 Å². The molecule has 1 saturated heterocycles. The molecule has 0 saturated carbocycles. The fourth-order valence-corrected chi connectivity index (χ4v) is 2.52. The normalized spacial score (nSPS) is 19.3. The third kappa shape index (κ3) is 4.20. The molecule has 1 aliphatic rings. The van der Waals surface area contributed by atoms with E-state index in [1.165, 1.54) is 17.0 Å². The number of benzene rings is 1. The molecule has 126 valence electrons. The lowest BCUT2D eigenvalue weighted by molar-refractivity contribution is -0.128. The van der Waals surface area contributed by atoms with Gasteiger partial charge in [-0.1, -0.05) is 25.4 Å². The number of nitrogens with zero attached hydrogens (tertiary/aromatic N) is 1. The predicted molar refractivity (Wildman–Crippen MR) is 85.8 cm³/mol. The summed E-state index contributed by atoms with van der Waals surface area (Å²) in [6.45, 7) is 4.02. The maximum atomic E-state index is 13.5. The molecule has 2 atom stereocenters. The smallest absolute Gasteiger partial charge is 0.249 e. The molecule has 1 aromatic carbocycles. The Labute approximate surface area is 139 Å². The first-order chi connectivity index (χ1) is 10.8. The quantitative estimate of drug-likeness (QED) is 0.861. The SMILES string of the molecule is CC(C)C(O)CC(=O)NC1CCN(c2ccc(Cl)c(F)c2)C1=O. The van der Waals surface area contributed by atoms with Crippen LogP contribution in [-0.4, -0.2) is 35.6 Å². The highest BCUT2D eigenvalue weighted by molar-refractivity contribution is 6.30. The van der Waals surface area contributed by atoms with Crippen molar-refractivity contribution in [1.82, 2.24) is 5.32 Å². The summed E-state index contributed by atoms with van der Waals surface area (Å²) in [5, 5.41) is 12.3. The van der Waals surface area contributed by atoms with Gasteiger partial charge in [-0.25, -0.2) is 4.39 Å². The van der Waals surface area contributed by atoms with Gasteiger partial charge in [0.05, 0.1) is 17.5 Å². The average Bonchev–Trinajstić information content (AvgIpc) is 2.83. The third-order valence-corrected chi connectivity index (χ3v) is 4.23. The van der Waals surface area contributed by atoms with Gasteiger partial charge in [-0.15, -0.1) is 0 Å². The Kier molecular flexibility index (Phi) is 5.59. The highest BCUT2D eigenvalue weighted by atomic mass is 35.5. The van der Waals surface area contributed by atoms with Gasteiger partial charge in [-0.05, 0) is 30.5 Å². The van der Waals surface area contributed by atoms with Gasteiger partial charge in [0.2, 0.25) is 11.8 Å². The molecule has 2 rings (SSSR count). The fraction of sp³-hybridized carbons (Fsp3) is 0.500. The molecule has 1 aromatic rings. The Morgan fingerprint density at radius 2 is 2.22 bits per heavy atom. The lowest BCUT2D eigenvalue weighted by Gasteiger charge is -2.18. The Hall–Kier alpha value is -1.66. The molecule has 0 radical (unpaired) electrons. The molecule has 2 N–H and O–H groups in total. The average molecular weight is 343 g/mol. The summed E-state index contributed by atoms with van der Waals surface area (Å²) in [6.07, 6.45) is -0.350. The van der Waals surface area contributed by atoms with Crippen LogP contribution in [0.3, 0.4) is 0 Å². The zero-order valence-electron chi connectivity index (χ0n) is 13.1. The van der Waals surface area contributed by atoms with Crippen molar-refractivity contribution in [3.63, 3.8) is 0 Å². The second kappa shape index (κ2) is 7.27. The Bertz CT molecular complexity index is 609. The first-order valence-corrected chi connectivity index (χ1v) is 7.91. The Morgan fingerprint density at radius 3 is 2.83 bits per heavy atom. The van der Waals surface area contributed by atoms with E-state index in [1.54, 1.807) is 6.07 Å². The highest BCUT2D eigenvalue weighted by Crippen LogP contribution is 2.25. The van der Waals surface area contributed by atoms with E-state index >= 15 is 0 Å². The highest BCUT2D eigenvalue weighted by Gasteiger charge is 2.34. The summed E-state index contributed by atoms with van der Waals surface area (Å²) in [6, 6.07) is 3.51. The second-order valence-electron chi connectivity index (χ2n) is 6.01. The van der Waals surface area contributed by atoms with Gasteiger partial charge in [0, 0.05) is 12.2 Å². The number of aliphatic hydroxyl groups excluding tert-OH is 1. The van der Waals surface area contributed by atoms with Gasteiger partial charge in [-0.3, -0.25) is 9.59 Å². The zero-order chi connectivity index (χ0) is 17.1. The predicted octanol–water partition coefficient (Wildman–Crippen LogP) is 2.11. The molecule has 1 aliphatic heterocycles. The maximum absolute atomic E-state index is 13.5. The molecule has 2 unspecified atom stereocenters. The Balaban J connectivity index is 1.98. The molecule has 0 spiro atoms. The largest absolute Gasteiger partial charge is 0.392 e. The van der Waals surface area contributed by atoms with Crippen LogP contribution in [0.15, 0.2) is 18.2 Å². The first-order valence-electron chi connectivity index (χ1n) is 7.53. The molecule has 0 bridgehead atoms. The van der Waals surface area contributed by atoms with Crippen LogP contribution in [0.5, 0.6) is 0 Å². The number of anilines is 1. The van der Waals surface area contributed by atoms with E-state index in [-0.39, 0.29) is 29.2 Å². The topological polar surface area (TPSA) is 69.6 Å². The number of carbonyl (C=O) groups excluding carboxylic acids is 2. The lowest BCUT2D eigenvalue weighted by Crippen LogP contribution is -2.42. The van der Waals surface area contributed by atoms with E-state index in [2.05, 4.69) is 5.32 Å². The van der Waals surface area contributed by atoms with Crippen LogP contribution in [0, 0.1) is 11.7 Å². The van der Waals surface area contributed by atoms with Gasteiger partial charge < -0.3 is 15.3 Å². The van der Waals surface area contributed by atoms with Gasteiger partial charge in [-0.2, -0.15) is 0 Å². The van der Waals surface area contributed by atoms with Crippen LogP contribution in [0.1, 0.15) is 26.7 Å². The molecular formula is C16H20ClFN2O3. The van der Waals surface area contributed by atoms with Crippen molar-refractivity contribution < 1.29 is 19.1 Å². The number of nitrogens with one attached hydrogen (secondary N) is 1. The number of rotatable bonds is 5. The number of halogens is 2. The summed E-state index contributed by atoms with van der Waals surface area (Å²) in [4.78, 5) is 25.7. The number of amides is 2. The molecule has 0 aromatic heterocycles. The molecule has 23 heavy (non-hydrogen) atoms. The summed E-state index contributed by atoms with van der Waals surface area (Å²) in [7, 11) is 0. The van der Waals surface area contributed by atoms with Crippen LogP contribution in [0.4, 0.5) is 10.1 Å². The second-order valence-corrected chi connectivity index (χ2v) is 6.42. The van der Waals surface area contributed by atoms with Crippen molar-refractivity contribution in [2.24, 2.45) is 5.92 Å². The molecule has 0 aliphatic carbocycles. The fourth-order valence-electron chi connectivity index (χ4n) is 2.40. The summed E-state index contributed by atoms with van der Waals surface area (Å²) in [5.74, 6) is -1.29. The number of aliphatic hydroxyl groups is 1. The summed E-state index contributed by atoms with van der Waals surface area (Å²) >= 11 is 5.64. The molecule has 5 nitrogen and oxygen atoms in total. The van der Waals surface area contributed by atoms with Crippen LogP contribution in [0.2, 0.25) is 5.02 Å². The van der Waals surface area contributed by atoms with E-state index in [9.17, 15) is 19.1 Å². The van der Waals surface area contributed by atoms with Crippen LogP contribution < -0.4 is 10.2 Å². The van der Waals surface area contributed by atoms with Gasteiger partial charge in [0.15, 0.2) is 0 Å². The monoisotopic (exact) mass is 342 g/mol. The number of carbonyl (C=O) groups is 2. The van der Waals surface area contributed by atoms with E-state index < -0.39 is 18.0 Å². The van der Waals surface area contributed by atoms with Crippen molar-refractivity contribution in [2.75, 3.05) is 11.4 Å². The van der Waals surface area contributed by atoms with Gasteiger partial charge in [0.25, 0.3) is 0 Å². The van der Waals surface area contributed by atoms with Crippen molar-refractivity contribution >= 4 is 29.1 Å². The minimum Gasteiger partial charge on any atom is -0.392 e. The van der Waals surface area contributed by atoms with E-state index in [0.717, 1.165) is 0 Å². The summed E-state index contributed by atoms with van der Waals surface area (Å²) < 4.78 is 13.5. The standard InChI is InChI=1S/C16H20ClFN2O3/c1-9(2)14(21)8-15(22)19-13-5-6-20(16(13)23)10-3-4-11(17)12(18)7-10/h3-4,7,9,13-14,21H,5-6,8H2,1-2H3,(H,19,22). The van der Waals surface area contributed by atoms with Crippen molar-refractivity contribution in [3.05, 3.63) is 29.0 Å². The van der Waals surface area contributed by atoms with Crippen LogP contribution in [-0.2, 0) is 9.59 Å². The lowest BCUT2D eigenvalue weighted by atomic mass is 10.0. The first kappa shape index (κ1) is 17.7. The number of hydrogen-bond acceptors (Lipinski definition) is 3. The van der Waals surface area contributed by atoms with Gasteiger partial charge >= 0.3 is 0 Å². The number of hydrogen-bond donors (Lipinski definition) is 2. The van der Waals surface area contributed by atoms with Crippen molar-refractivity contribution in [1.29, 1.82) is 0 Å². The van der Waals surface area contributed by atoms with Crippen LogP contribution >= 0.6 is 11.6 Å². The van der Waals surface area contributed by atoms with Gasteiger partial charge in [0.1, 0.15) is 11.9 Å². The molecule has 7 heteroatoms.